The minimum Gasteiger partial charge on any atom is -0.338 e. The van der Waals surface area contributed by atoms with Crippen molar-refractivity contribution in [3.8, 4) is 0 Å². The highest BCUT2D eigenvalue weighted by Gasteiger charge is 2.25. The van der Waals surface area contributed by atoms with Crippen LogP contribution in [0.2, 0.25) is 0 Å². The lowest BCUT2D eigenvalue weighted by molar-refractivity contribution is -0.170. The molecule has 0 bridgehead atoms. The molecule has 0 unspecified atom stereocenters. The quantitative estimate of drug-likeness (QED) is 0.666. The maximum absolute atomic E-state index is 12.6. The van der Waals surface area contributed by atoms with E-state index in [2.05, 4.69) is 16.4 Å². The molecule has 0 saturated carbocycles. The minimum atomic E-state index is -0.672. The summed E-state index contributed by atoms with van der Waals surface area (Å²) in [6.07, 6.45) is 11.1. The van der Waals surface area contributed by atoms with Crippen LogP contribution in [0.5, 0.6) is 0 Å². The Morgan fingerprint density at radius 1 is 1.33 bits per heavy atom. The number of hydroxylamine groups is 2. The first-order valence-corrected chi connectivity index (χ1v) is 8.35. The van der Waals surface area contributed by atoms with Gasteiger partial charge in [-0.2, -0.15) is 0 Å². The summed E-state index contributed by atoms with van der Waals surface area (Å²) < 4.78 is 0. The first kappa shape index (κ1) is 18.1. The molecule has 1 atom stereocenters. The van der Waals surface area contributed by atoms with Gasteiger partial charge in [0.15, 0.2) is 0 Å². The number of nitrogens with zero attached hydrogens (tertiary/aromatic N) is 2. The number of carbonyl (C=O) groups is 2. The van der Waals surface area contributed by atoms with Crippen molar-refractivity contribution in [1.82, 2.24) is 15.4 Å². The summed E-state index contributed by atoms with van der Waals surface area (Å²) in [5, 5.41) is 3.94. The molecule has 1 aliphatic rings. The molecule has 2 rings (SSSR count). The normalized spacial score (nSPS) is 20.6. The highest BCUT2D eigenvalue weighted by atomic mass is 16.7. The van der Waals surface area contributed by atoms with Crippen LogP contribution in [-0.2, 0) is 16.1 Å². The summed E-state index contributed by atoms with van der Waals surface area (Å²) in [6.45, 7) is 0. The first-order valence-electron chi connectivity index (χ1n) is 8.35. The third-order valence-corrected chi connectivity index (χ3v) is 4.15. The van der Waals surface area contributed by atoms with Crippen molar-refractivity contribution in [3.63, 3.8) is 0 Å². The number of carbonyl (C=O) groups excluding carboxylic acids is 2. The average Bonchev–Trinajstić information content (AvgIpc) is 2.62. The molecule has 2 amide bonds. The van der Waals surface area contributed by atoms with Crippen LogP contribution < -0.4 is 5.32 Å². The Balaban J connectivity index is 2.25. The van der Waals surface area contributed by atoms with Crippen LogP contribution in [0, 0.1) is 0 Å². The van der Waals surface area contributed by atoms with Gasteiger partial charge >= 0.3 is 0 Å². The summed E-state index contributed by atoms with van der Waals surface area (Å²) in [4.78, 5) is 34.2. The molecule has 6 nitrogen and oxygen atoms in total. The molecule has 1 aromatic rings. The van der Waals surface area contributed by atoms with E-state index in [1.165, 1.54) is 14.2 Å². The van der Waals surface area contributed by atoms with Gasteiger partial charge in [-0.3, -0.25) is 19.4 Å². The summed E-state index contributed by atoms with van der Waals surface area (Å²) >= 11 is 0. The molecule has 0 aromatic carbocycles. The van der Waals surface area contributed by atoms with Crippen molar-refractivity contribution >= 4 is 11.8 Å². The molecule has 1 N–H and O–H groups in total. The second-order valence-electron chi connectivity index (χ2n) is 5.86. The number of fused-ring (bicyclic) bond motifs is 1. The molecule has 130 valence electrons. The molecule has 1 aliphatic heterocycles. The number of aryl methyl sites for hydroxylation is 1. The Morgan fingerprint density at radius 2 is 2.17 bits per heavy atom. The van der Waals surface area contributed by atoms with E-state index in [9.17, 15) is 9.59 Å². The van der Waals surface area contributed by atoms with Gasteiger partial charge in [-0.1, -0.05) is 24.6 Å². The maximum Gasteiger partial charge on any atom is 0.270 e. The molecular weight excluding hydrogens is 306 g/mol. The largest absolute Gasteiger partial charge is 0.338 e. The van der Waals surface area contributed by atoms with Crippen molar-refractivity contribution in [2.24, 2.45) is 0 Å². The lowest BCUT2D eigenvalue weighted by Gasteiger charge is -2.22. The Hall–Kier alpha value is -2.21. The van der Waals surface area contributed by atoms with E-state index in [1.807, 2.05) is 18.2 Å². The Bertz CT molecular complexity index is 601. The average molecular weight is 331 g/mol. The second-order valence-corrected chi connectivity index (χ2v) is 5.86. The molecule has 0 spiro atoms. The van der Waals surface area contributed by atoms with Crippen LogP contribution >= 0.6 is 0 Å². The number of hydrogen-bond donors (Lipinski definition) is 1. The van der Waals surface area contributed by atoms with Gasteiger partial charge in [0.2, 0.25) is 0 Å². The lowest BCUT2D eigenvalue weighted by Crippen LogP contribution is -2.47. The van der Waals surface area contributed by atoms with E-state index in [0.29, 0.717) is 12.1 Å². The number of nitrogens with one attached hydrogen (secondary N) is 1. The van der Waals surface area contributed by atoms with Crippen LogP contribution in [0.15, 0.2) is 30.5 Å². The van der Waals surface area contributed by atoms with Gasteiger partial charge in [-0.15, -0.1) is 0 Å². The topological polar surface area (TPSA) is 71.5 Å². The molecule has 0 aliphatic carbocycles. The zero-order chi connectivity index (χ0) is 17.4. The maximum atomic E-state index is 12.6. The number of aromatic nitrogens is 1. The molecule has 1 aromatic heterocycles. The van der Waals surface area contributed by atoms with Crippen molar-refractivity contribution in [2.75, 3.05) is 14.2 Å². The molecule has 0 saturated heterocycles. The molecule has 0 radical (unpaired) electrons. The van der Waals surface area contributed by atoms with Gasteiger partial charge < -0.3 is 5.32 Å². The zero-order valence-corrected chi connectivity index (χ0v) is 14.3. The van der Waals surface area contributed by atoms with Crippen molar-refractivity contribution in [3.05, 3.63) is 41.7 Å². The number of likely N-dealkylation sites (N-methyl/N-ethyl adjacent to an activating group) is 1. The smallest absolute Gasteiger partial charge is 0.270 e. The minimum absolute atomic E-state index is 0.289. The van der Waals surface area contributed by atoms with Crippen LogP contribution in [0.25, 0.3) is 0 Å². The summed E-state index contributed by atoms with van der Waals surface area (Å²) in [5.41, 5.74) is 1.33. The van der Waals surface area contributed by atoms with Crippen LogP contribution in [0.3, 0.4) is 0 Å². The number of rotatable bonds is 2. The summed E-state index contributed by atoms with van der Waals surface area (Å²) in [5.74, 6) is -0.607. The van der Waals surface area contributed by atoms with Gasteiger partial charge in [0.25, 0.3) is 11.8 Å². The van der Waals surface area contributed by atoms with Crippen LogP contribution in [0.4, 0.5) is 0 Å². The first-order chi connectivity index (χ1) is 11.6. The Kier molecular flexibility index (Phi) is 6.93. The predicted octanol–water partition coefficient (Wildman–Crippen LogP) is 2.26. The van der Waals surface area contributed by atoms with Crippen LogP contribution in [-0.4, -0.2) is 42.1 Å². The number of amides is 2. The van der Waals surface area contributed by atoms with Crippen molar-refractivity contribution in [1.29, 1.82) is 0 Å². The van der Waals surface area contributed by atoms with Gasteiger partial charge in [-0.05, 0) is 43.7 Å². The van der Waals surface area contributed by atoms with Gasteiger partial charge in [0.1, 0.15) is 11.7 Å². The number of allylic oxidation sites excluding steroid dienone is 1. The third-order valence-electron chi connectivity index (χ3n) is 4.15. The predicted molar refractivity (Wildman–Crippen MR) is 91.2 cm³/mol. The molecule has 24 heavy (non-hydrogen) atoms. The van der Waals surface area contributed by atoms with Crippen molar-refractivity contribution < 1.29 is 14.4 Å². The molecule has 2 heterocycles. The number of hydrogen-bond acceptors (Lipinski definition) is 4. The van der Waals surface area contributed by atoms with Gasteiger partial charge in [0, 0.05) is 13.2 Å². The monoisotopic (exact) mass is 331 g/mol. The SMILES string of the molecule is CON(C)C(=O)[C@@H]1C/C=C/CCCCCc2cccnc2C(=O)N1. The zero-order valence-electron chi connectivity index (χ0n) is 14.3. The highest BCUT2D eigenvalue weighted by molar-refractivity contribution is 5.97. The fraction of sp³-hybridized carbons (Fsp3) is 0.500. The van der Waals surface area contributed by atoms with Crippen LogP contribution in [0.1, 0.15) is 48.2 Å². The molecular formula is C18H25N3O3. The van der Waals surface area contributed by atoms with E-state index >= 15 is 0 Å². The van der Waals surface area contributed by atoms with Gasteiger partial charge in [0.05, 0.1) is 7.11 Å². The van der Waals surface area contributed by atoms with E-state index in [1.54, 1.807) is 6.20 Å². The lowest BCUT2D eigenvalue weighted by atomic mass is 10.0. The van der Waals surface area contributed by atoms with E-state index < -0.39 is 6.04 Å². The summed E-state index contributed by atoms with van der Waals surface area (Å²) in [7, 11) is 2.96. The number of pyridine rings is 1. The van der Waals surface area contributed by atoms with E-state index in [0.717, 1.165) is 42.7 Å². The fourth-order valence-electron chi connectivity index (χ4n) is 2.71. The highest BCUT2D eigenvalue weighted by Crippen LogP contribution is 2.13. The Morgan fingerprint density at radius 3 is 2.96 bits per heavy atom. The Labute approximate surface area is 142 Å². The van der Waals surface area contributed by atoms with E-state index in [-0.39, 0.29) is 11.8 Å². The molecule has 0 fully saturated rings. The summed E-state index contributed by atoms with van der Waals surface area (Å²) in [6, 6.07) is 3.10. The molecule has 6 heteroatoms. The fourth-order valence-corrected chi connectivity index (χ4v) is 2.71. The second kappa shape index (κ2) is 9.17. The standard InChI is InChI=1S/C18H25N3O3/c1-21(24-2)18(23)15-12-8-6-4-3-5-7-10-14-11-9-13-19-16(14)17(22)20-15/h6,8-9,11,13,15H,3-5,7,10,12H2,1-2H3,(H,20,22)/b8-6+/t15-/m0/s1. The van der Waals surface area contributed by atoms with E-state index in [4.69, 9.17) is 4.84 Å². The van der Waals surface area contributed by atoms with Gasteiger partial charge in [-0.25, -0.2) is 5.06 Å². The third kappa shape index (κ3) is 4.89. The van der Waals surface area contributed by atoms with Crippen molar-refractivity contribution in [2.45, 2.75) is 44.6 Å².